The van der Waals surface area contributed by atoms with E-state index in [0.29, 0.717) is 28.7 Å². The van der Waals surface area contributed by atoms with Crippen molar-refractivity contribution in [2.75, 3.05) is 0 Å². The molecule has 0 heterocycles. The van der Waals surface area contributed by atoms with Crippen LogP contribution in [0.4, 0.5) is 0 Å². The molecule has 2 atom stereocenters. The van der Waals surface area contributed by atoms with Gasteiger partial charge in [-0.05, 0) is 47.7 Å². The van der Waals surface area contributed by atoms with Crippen molar-refractivity contribution in [1.29, 1.82) is 0 Å². The first-order chi connectivity index (χ1) is 11.9. The van der Waals surface area contributed by atoms with Gasteiger partial charge in [0.2, 0.25) is 0 Å². The maximum absolute atomic E-state index is 9.54. The first-order valence-corrected chi connectivity index (χ1v) is 7.98. The number of hydrogen-bond donors (Lipinski definition) is 4. The van der Waals surface area contributed by atoms with Crippen LogP contribution in [0.3, 0.4) is 0 Å². The summed E-state index contributed by atoms with van der Waals surface area (Å²) in [6.45, 7) is 6.89. The number of phenolic OH excluding ortho intramolecular Hbond substituents is 2. The van der Waals surface area contributed by atoms with Crippen LogP contribution in [0.25, 0.3) is 17.9 Å². The number of aliphatic hydroxyl groups excluding tert-OH is 2. The number of hydrogen-bond acceptors (Lipinski definition) is 4. The molecule has 4 heteroatoms. The van der Waals surface area contributed by atoms with Crippen LogP contribution in [0.1, 0.15) is 34.6 Å². The number of phenols is 2. The van der Waals surface area contributed by atoms with E-state index >= 15 is 0 Å². The van der Waals surface area contributed by atoms with E-state index < -0.39 is 0 Å². The molecule has 2 aromatic rings. The van der Waals surface area contributed by atoms with Crippen LogP contribution in [0.2, 0.25) is 0 Å². The lowest BCUT2D eigenvalue weighted by Gasteiger charge is -2.11. The summed E-state index contributed by atoms with van der Waals surface area (Å²) in [5.41, 5.74) is 3.24. The predicted molar refractivity (Wildman–Crippen MR) is 99.4 cm³/mol. The second-order valence-electron chi connectivity index (χ2n) is 6.22. The van der Waals surface area contributed by atoms with Crippen molar-refractivity contribution >= 4 is 17.9 Å². The summed E-state index contributed by atoms with van der Waals surface area (Å²) < 4.78 is 0. The number of fused-ring (bicyclic) bond motifs is 3. The lowest BCUT2D eigenvalue weighted by Crippen LogP contribution is -1.97. The average molecular weight is 336 g/mol. The Hall–Kier alpha value is -3.14. The molecule has 0 aliphatic heterocycles. The van der Waals surface area contributed by atoms with Crippen molar-refractivity contribution in [2.24, 2.45) is 5.92 Å². The van der Waals surface area contributed by atoms with Gasteiger partial charge in [-0.3, -0.25) is 0 Å². The maximum Gasteiger partial charge on any atom is 0.123 e. The Labute approximate surface area is 146 Å². The Bertz CT molecular complexity index is 879. The average Bonchev–Trinajstić information content (AvgIpc) is 3.36. The molecular formula is C21H20O4. The van der Waals surface area contributed by atoms with E-state index in [-0.39, 0.29) is 17.3 Å². The van der Waals surface area contributed by atoms with Crippen molar-refractivity contribution in [3.8, 4) is 11.5 Å². The summed E-state index contributed by atoms with van der Waals surface area (Å²) in [4.78, 5) is 0. The quantitative estimate of drug-likeness (QED) is 0.584. The summed E-state index contributed by atoms with van der Waals surface area (Å²) in [5, 5.41) is 37.2. The van der Waals surface area contributed by atoms with E-state index in [1.807, 2.05) is 6.07 Å². The fraction of sp³-hybridized carbons (Fsp3) is 0.143. The molecule has 4 rings (SSSR count). The van der Waals surface area contributed by atoms with Gasteiger partial charge in [-0.25, -0.2) is 0 Å². The van der Waals surface area contributed by atoms with Crippen LogP contribution in [-0.2, 0) is 0 Å². The molecule has 2 aromatic carbocycles. The summed E-state index contributed by atoms with van der Waals surface area (Å²) in [5.74, 6) is 1.63. The van der Waals surface area contributed by atoms with Crippen LogP contribution in [0.15, 0.2) is 55.3 Å². The molecule has 128 valence electrons. The fourth-order valence-electron chi connectivity index (χ4n) is 3.18. The smallest absolute Gasteiger partial charge is 0.123 e. The largest absolute Gasteiger partial charge is 0.512 e. The summed E-state index contributed by atoms with van der Waals surface area (Å²) >= 11 is 0. The van der Waals surface area contributed by atoms with Crippen LogP contribution in [-0.4, -0.2) is 20.4 Å². The third-order valence-corrected chi connectivity index (χ3v) is 4.54. The highest BCUT2D eigenvalue weighted by atomic mass is 16.3. The molecule has 25 heavy (non-hydrogen) atoms. The van der Waals surface area contributed by atoms with Crippen molar-refractivity contribution in [2.45, 2.75) is 12.3 Å². The Balaban J connectivity index is 0.000000147. The Morgan fingerprint density at radius 3 is 2.48 bits per heavy atom. The standard InChI is InChI=1S/C11H10O2.C10H10O2/c12-7-1-2-8-6(3-7)4-11(13)10-5-9(8)10;1-3-8-9(7(2)11)5-4-6-10(8)12/h1-4,9-10,12-13H,5H2;3-6,11-12H,1-2H2. The molecule has 0 bridgehead atoms. The van der Waals surface area contributed by atoms with Crippen molar-refractivity contribution in [3.05, 3.63) is 77.6 Å². The molecule has 1 fully saturated rings. The van der Waals surface area contributed by atoms with E-state index in [4.69, 9.17) is 5.11 Å². The first-order valence-electron chi connectivity index (χ1n) is 7.98. The molecule has 0 spiro atoms. The van der Waals surface area contributed by atoms with Gasteiger partial charge >= 0.3 is 0 Å². The normalized spacial score (nSPS) is 19.4. The molecule has 2 unspecified atom stereocenters. The van der Waals surface area contributed by atoms with Gasteiger partial charge in [0.25, 0.3) is 0 Å². The third-order valence-electron chi connectivity index (χ3n) is 4.54. The highest BCUT2D eigenvalue weighted by molar-refractivity contribution is 5.72. The minimum Gasteiger partial charge on any atom is -0.512 e. The zero-order chi connectivity index (χ0) is 18.1. The number of aliphatic hydroxyl groups is 2. The van der Waals surface area contributed by atoms with E-state index in [0.717, 1.165) is 12.0 Å². The molecule has 1 saturated carbocycles. The van der Waals surface area contributed by atoms with Gasteiger partial charge in [0.1, 0.15) is 17.3 Å². The minimum atomic E-state index is -0.0687. The van der Waals surface area contributed by atoms with E-state index in [2.05, 4.69) is 13.2 Å². The topological polar surface area (TPSA) is 80.9 Å². The zero-order valence-corrected chi connectivity index (χ0v) is 13.7. The second kappa shape index (κ2) is 6.40. The highest BCUT2D eigenvalue weighted by Crippen LogP contribution is 2.55. The molecule has 4 nitrogen and oxygen atoms in total. The molecule has 0 saturated heterocycles. The number of benzene rings is 2. The lowest BCUT2D eigenvalue weighted by atomic mass is 9.96. The highest BCUT2D eigenvalue weighted by Gasteiger charge is 2.44. The second-order valence-corrected chi connectivity index (χ2v) is 6.22. The van der Waals surface area contributed by atoms with Gasteiger partial charge in [0.05, 0.1) is 5.76 Å². The first kappa shape index (κ1) is 16.7. The Kier molecular flexibility index (Phi) is 4.28. The van der Waals surface area contributed by atoms with Gasteiger partial charge in [-0.1, -0.05) is 37.4 Å². The van der Waals surface area contributed by atoms with Crippen molar-refractivity contribution < 1.29 is 20.4 Å². The maximum atomic E-state index is 9.54. The van der Waals surface area contributed by atoms with Crippen LogP contribution in [0.5, 0.6) is 11.5 Å². The SMILES string of the molecule is C=Cc1c(O)cccc1C(=C)O.OC1=Cc2cc(O)ccc2C2CC12. The molecule has 2 aliphatic rings. The molecule has 2 aliphatic carbocycles. The lowest BCUT2D eigenvalue weighted by molar-refractivity contribution is 0.380. The molecule has 0 aromatic heterocycles. The monoisotopic (exact) mass is 336 g/mol. The van der Waals surface area contributed by atoms with Gasteiger partial charge in [-0.2, -0.15) is 0 Å². The predicted octanol–water partition coefficient (Wildman–Crippen LogP) is 4.97. The molecular weight excluding hydrogens is 316 g/mol. The van der Waals surface area contributed by atoms with Crippen LogP contribution >= 0.6 is 0 Å². The summed E-state index contributed by atoms with van der Waals surface area (Å²) in [6, 6.07) is 10.2. The Morgan fingerprint density at radius 1 is 1.08 bits per heavy atom. The van der Waals surface area contributed by atoms with Gasteiger partial charge < -0.3 is 20.4 Å². The van der Waals surface area contributed by atoms with Crippen LogP contribution < -0.4 is 0 Å². The van der Waals surface area contributed by atoms with E-state index in [1.165, 1.54) is 17.7 Å². The summed E-state index contributed by atoms with van der Waals surface area (Å²) in [7, 11) is 0. The van der Waals surface area contributed by atoms with Crippen molar-refractivity contribution in [3.63, 3.8) is 0 Å². The Morgan fingerprint density at radius 2 is 1.84 bits per heavy atom. The molecule has 0 amide bonds. The molecule has 4 N–H and O–H groups in total. The van der Waals surface area contributed by atoms with Crippen LogP contribution in [0, 0.1) is 5.92 Å². The van der Waals surface area contributed by atoms with Gasteiger partial charge in [0.15, 0.2) is 0 Å². The number of allylic oxidation sites excluding steroid dienone is 1. The van der Waals surface area contributed by atoms with E-state index in [9.17, 15) is 15.3 Å². The summed E-state index contributed by atoms with van der Waals surface area (Å²) in [6.07, 6.45) is 4.30. The zero-order valence-electron chi connectivity index (χ0n) is 13.7. The fourth-order valence-corrected chi connectivity index (χ4v) is 3.18. The third kappa shape index (κ3) is 3.24. The minimum absolute atomic E-state index is 0.0687. The molecule has 0 radical (unpaired) electrons. The number of rotatable bonds is 2. The van der Waals surface area contributed by atoms with Gasteiger partial charge in [0, 0.05) is 17.0 Å². The van der Waals surface area contributed by atoms with Gasteiger partial charge in [-0.15, -0.1) is 0 Å². The van der Waals surface area contributed by atoms with E-state index in [1.54, 1.807) is 30.3 Å². The van der Waals surface area contributed by atoms with Crippen molar-refractivity contribution in [1.82, 2.24) is 0 Å². The number of aromatic hydroxyl groups is 2.